The molecule has 0 aromatic heterocycles. The first kappa shape index (κ1) is 23.9. The van der Waals surface area contributed by atoms with E-state index in [1.54, 1.807) is 0 Å². The number of rotatable bonds is 9. The molecular formula is C18H40IN5. The van der Waals surface area contributed by atoms with Crippen molar-refractivity contribution in [2.75, 3.05) is 45.8 Å². The average Bonchev–Trinajstić information content (AvgIpc) is 2.51. The topological polar surface area (TPSA) is 42.9 Å². The first-order valence-electron chi connectivity index (χ1n) is 9.54. The van der Waals surface area contributed by atoms with Crippen molar-refractivity contribution in [3.05, 3.63) is 0 Å². The lowest BCUT2D eigenvalue weighted by Crippen LogP contribution is -2.45. The van der Waals surface area contributed by atoms with Crippen molar-refractivity contribution in [3.63, 3.8) is 0 Å². The third-order valence-corrected chi connectivity index (χ3v) is 4.47. The molecule has 144 valence electrons. The van der Waals surface area contributed by atoms with Gasteiger partial charge in [-0.15, -0.1) is 24.0 Å². The maximum absolute atomic E-state index is 4.73. The molecule has 1 aliphatic heterocycles. The van der Waals surface area contributed by atoms with Crippen LogP contribution in [0.5, 0.6) is 0 Å². The standard InChI is InChI=1S/C18H39N5.HI/c1-6-19-18(20-10-14-22-12-8-7-9-13-22)21-11-15-23(16(2)3)17(4)5;/h16-17H,6-15H2,1-5H3,(H2,19,20,21);1H. The zero-order valence-electron chi connectivity index (χ0n) is 16.5. The summed E-state index contributed by atoms with van der Waals surface area (Å²) >= 11 is 0. The number of guanidine groups is 1. The first-order chi connectivity index (χ1) is 11.0. The van der Waals surface area contributed by atoms with Crippen LogP contribution in [-0.2, 0) is 0 Å². The molecule has 0 aliphatic carbocycles. The van der Waals surface area contributed by atoms with Crippen molar-refractivity contribution in [3.8, 4) is 0 Å². The van der Waals surface area contributed by atoms with Gasteiger partial charge in [0.25, 0.3) is 0 Å². The zero-order valence-corrected chi connectivity index (χ0v) is 18.8. The maximum atomic E-state index is 4.73. The average molecular weight is 453 g/mol. The maximum Gasteiger partial charge on any atom is 0.191 e. The number of nitrogens with one attached hydrogen (secondary N) is 2. The first-order valence-corrected chi connectivity index (χ1v) is 9.54. The fourth-order valence-electron chi connectivity index (χ4n) is 3.24. The quantitative estimate of drug-likeness (QED) is 0.320. The second kappa shape index (κ2) is 14.1. The van der Waals surface area contributed by atoms with Crippen molar-refractivity contribution in [1.29, 1.82) is 0 Å². The van der Waals surface area contributed by atoms with Crippen LogP contribution < -0.4 is 10.6 Å². The van der Waals surface area contributed by atoms with Gasteiger partial charge in [0.15, 0.2) is 5.96 Å². The molecule has 0 spiro atoms. The smallest absolute Gasteiger partial charge is 0.191 e. The number of nitrogens with zero attached hydrogens (tertiary/aromatic N) is 3. The fraction of sp³-hybridized carbons (Fsp3) is 0.944. The molecule has 0 amide bonds. The van der Waals surface area contributed by atoms with Crippen LogP contribution in [0.25, 0.3) is 0 Å². The summed E-state index contributed by atoms with van der Waals surface area (Å²) in [7, 11) is 0. The minimum Gasteiger partial charge on any atom is -0.357 e. The van der Waals surface area contributed by atoms with E-state index >= 15 is 0 Å². The summed E-state index contributed by atoms with van der Waals surface area (Å²) in [6.07, 6.45) is 4.09. The highest BCUT2D eigenvalue weighted by atomic mass is 127. The SMILES string of the molecule is CCNC(=NCCN1CCCCC1)NCCN(C(C)C)C(C)C.I. The van der Waals surface area contributed by atoms with Gasteiger partial charge in [-0.25, -0.2) is 0 Å². The van der Waals surface area contributed by atoms with Crippen LogP contribution >= 0.6 is 24.0 Å². The number of hydrogen-bond donors (Lipinski definition) is 2. The van der Waals surface area contributed by atoms with Crippen LogP contribution in [0.3, 0.4) is 0 Å². The van der Waals surface area contributed by atoms with Gasteiger partial charge in [0.2, 0.25) is 0 Å². The van der Waals surface area contributed by atoms with Gasteiger partial charge in [0.05, 0.1) is 6.54 Å². The highest BCUT2D eigenvalue weighted by Crippen LogP contribution is 2.07. The highest BCUT2D eigenvalue weighted by molar-refractivity contribution is 14.0. The fourth-order valence-corrected chi connectivity index (χ4v) is 3.24. The van der Waals surface area contributed by atoms with Gasteiger partial charge in [-0.3, -0.25) is 9.89 Å². The van der Waals surface area contributed by atoms with E-state index in [1.807, 2.05) is 0 Å². The van der Waals surface area contributed by atoms with E-state index in [0.29, 0.717) is 12.1 Å². The largest absolute Gasteiger partial charge is 0.357 e. The lowest BCUT2D eigenvalue weighted by atomic mass is 10.1. The normalized spacial score (nSPS) is 16.6. The zero-order chi connectivity index (χ0) is 17.1. The van der Waals surface area contributed by atoms with Crippen molar-refractivity contribution < 1.29 is 0 Å². The molecule has 2 N–H and O–H groups in total. The molecule has 0 aromatic rings. The summed E-state index contributed by atoms with van der Waals surface area (Å²) < 4.78 is 0. The van der Waals surface area contributed by atoms with E-state index in [2.05, 4.69) is 55.1 Å². The molecule has 5 nitrogen and oxygen atoms in total. The van der Waals surface area contributed by atoms with E-state index in [9.17, 15) is 0 Å². The summed E-state index contributed by atoms with van der Waals surface area (Å²) in [5.74, 6) is 0.956. The summed E-state index contributed by atoms with van der Waals surface area (Å²) in [5, 5.41) is 6.83. The van der Waals surface area contributed by atoms with E-state index in [-0.39, 0.29) is 24.0 Å². The van der Waals surface area contributed by atoms with E-state index in [0.717, 1.165) is 38.7 Å². The lowest BCUT2D eigenvalue weighted by Gasteiger charge is -2.30. The molecule has 0 radical (unpaired) electrons. The molecule has 1 rings (SSSR count). The highest BCUT2D eigenvalue weighted by Gasteiger charge is 2.13. The monoisotopic (exact) mass is 453 g/mol. The molecule has 6 heteroatoms. The van der Waals surface area contributed by atoms with Gasteiger partial charge in [0.1, 0.15) is 0 Å². The van der Waals surface area contributed by atoms with Crippen LogP contribution in [0.15, 0.2) is 4.99 Å². The molecule has 1 heterocycles. The molecule has 0 bridgehead atoms. The second-order valence-electron chi connectivity index (χ2n) is 7.02. The van der Waals surface area contributed by atoms with Crippen molar-refractivity contribution in [1.82, 2.24) is 20.4 Å². The summed E-state index contributed by atoms with van der Waals surface area (Å²) in [6.45, 7) is 18.5. The molecule has 0 unspecified atom stereocenters. The number of hydrogen-bond acceptors (Lipinski definition) is 3. The molecule has 0 atom stereocenters. The van der Waals surface area contributed by atoms with Crippen molar-refractivity contribution in [2.45, 2.75) is 66.0 Å². The molecule has 0 aromatic carbocycles. The Morgan fingerprint density at radius 3 is 2.21 bits per heavy atom. The van der Waals surface area contributed by atoms with Gasteiger partial charge in [-0.2, -0.15) is 0 Å². The van der Waals surface area contributed by atoms with Gasteiger partial charge in [-0.1, -0.05) is 6.42 Å². The Kier molecular flexibility index (Phi) is 14.1. The summed E-state index contributed by atoms with van der Waals surface area (Å²) in [6, 6.07) is 1.16. The van der Waals surface area contributed by atoms with E-state index < -0.39 is 0 Å². The van der Waals surface area contributed by atoms with Crippen LogP contribution in [0.2, 0.25) is 0 Å². The lowest BCUT2D eigenvalue weighted by molar-refractivity contribution is 0.178. The van der Waals surface area contributed by atoms with E-state index in [1.165, 1.54) is 32.4 Å². The molecular weight excluding hydrogens is 413 g/mol. The molecule has 0 saturated carbocycles. The Balaban J connectivity index is 0.00000529. The van der Waals surface area contributed by atoms with Crippen LogP contribution in [0, 0.1) is 0 Å². The van der Waals surface area contributed by atoms with Crippen LogP contribution in [0.4, 0.5) is 0 Å². The predicted molar refractivity (Wildman–Crippen MR) is 117 cm³/mol. The third-order valence-electron chi connectivity index (χ3n) is 4.47. The van der Waals surface area contributed by atoms with Gasteiger partial charge < -0.3 is 15.5 Å². The van der Waals surface area contributed by atoms with Gasteiger partial charge >= 0.3 is 0 Å². The minimum atomic E-state index is 0. The van der Waals surface area contributed by atoms with Crippen molar-refractivity contribution >= 4 is 29.9 Å². The summed E-state index contributed by atoms with van der Waals surface area (Å²) in [4.78, 5) is 9.77. The van der Waals surface area contributed by atoms with Crippen LogP contribution in [0.1, 0.15) is 53.9 Å². The Bertz CT molecular complexity index is 319. The second-order valence-corrected chi connectivity index (χ2v) is 7.02. The third kappa shape index (κ3) is 10.0. The van der Waals surface area contributed by atoms with Crippen molar-refractivity contribution in [2.24, 2.45) is 4.99 Å². The number of piperidine rings is 1. The molecule has 1 aliphatic rings. The molecule has 1 saturated heterocycles. The number of aliphatic imine (C=N–C) groups is 1. The Morgan fingerprint density at radius 1 is 1.04 bits per heavy atom. The minimum absolute atomic E-state index is 0. The van der Waals surface area contributed by atoms with E-state index in [4.69, 9.17) is 4.99 Å². The molecule has 24 heavy (non-hydrogen) atoms. The van der Waals surface area contributed by atoms with Gasteiger partial charge in [-0.05, 0) is 60.5 Å². The number of halogens is 1. The Labute approximate surface area is 167 Å². The Hall–Kier alpha value is -0.0800. The molecule has 1 fully saturated rings. The number of likely N-dealkylation sites (tertiary alicyclic amines) is 1. The summed E-state index contributed by atoms with van der Waals surface area (Å²) in [5.41, 5.74) is 0. The van der Waals surface area contributed by atoms with Gasteiger partial charge in [0, 0.05) is 38.3 Å². The predicted octanol–water partition coefficient (Wildman–Crippen LogP) is 2.76. The Morgan fingerprint density at radius 2 is 1.67 bits per heavy atom. The van der Waals surface area contributed by atoms with Crippen LogP contribution in [-0.4, -0.2) is 73.7 Å².